The van der Waals surface area contributed by atoms with Crippen molar-refractivity contribution in [2.75, 3.05) is 0 Å². The molecule has 16 rings (SSSR count). The van der Waals surface area contributed by atoms with Crippen LogP contribution in [-0.4, -0.2) is 19.1 Å². The van der Waals surface area contributed by atoms with E-state index < -0.39 is 0 Å². The molecule has 16 aromatic rings. The van der Waals surface area contributed by atoms with Gasteiger partial charge in [0.25, 0.3) is 0 Å². The van der Waals surface area contributed by atoms with Gasteiger partial charge in [0, 0.05) is 44.0 Å². The molecule has 0 saturated heterocycles. The average Bonchev–Trinajstić information content (AvgIpc) is 3.95. The number of nitrogens with zero attached hydrogens (tertiary/aromatic N) is 4. The lowest BCUT2D eigenvalue weighted by Crippen LogP contribution is -1.96. The first-order valence-corrected chi connectivity index (χ1v) is 28.7. The lowest BCUT2D eigenvalue weighted by atomic mass is 9.97. The van der Waals surface area contributed by atoms with Gasteiger partial charge in [0.2, 0.25) is 0 Å². The Balaban J connectivity index is 0.683. The van der Waals surface area contributed by atoms with Crippen LogP contribution < -0.4 is 0 Å². The summed E-state index contributed by atoms with van der Waals surface area (Å²) in [4.78, 5) is 10.6. The molecule has 0 spiro atoms. The molecule has 0 saturated carbocycles. The van der Waals surface area contributed by atoms with E-state index in [1.165, 1.54) is 88.1 Å². The van der Waals surface area contributed by atoms with E-state index in [2.05, 4.69) is 300 Å². The van der Waals surface area contributed by atoms with E-state index in [0.29, 0.717) is 0 Å². The number of fused-ring (bicyclic) bond motifs is 7. The Bertz CT molecular complexity index is 4770. The zero-order valence-electron chi connectivity index (χ0n) is 45.8. The molecule has 0 aliphatic carbocycles. The quantitative estimate of drug-likeness (QED) is 0.137. The molecule has 0 fully saturated rings. The summed E-state index contributed by atoms with van der Waals surface area (Å²) < 4.78 is 4.77. The van der Waals surface area contributed by atoms with Crippen LogP contribution in [-0.2, 0) is 0 Å². The summed E-state index contributed by atoms with van der Waals surface area (Å²) in [5.41, 5.74) is 26.7. The van der Waals surface area contributed by atoms with Crippen LogP contribution in [0, 0.1) is 0 Å². The highest BCUT2D eigenvalue weighted by atomic mass is 15.0. The molecule has 0 radical (unpaired) electrons. The second kappa shape index (κ2) is 20.4. The maximum absolute atomic E-state index is 5.31. The normalized spacial score (nSPS) is 11.6. The van der Waals surface area contributed by atoms with Crippen LogP contribution in [0.3, 0.4) is 0 Å². The molecule has 0 aliphatic rings. The second-order valence-electron chi connectivity index (χ2n) is 21.7. The van der Waals surface area contributed by atoms with Crippen LogP contribution in [0.2, 0.25) is 0 Å². The van der Waals surface area contributed by atoms with E-state index >= 15 is 0 Å². The molecular weight excluding hydrogens is 1020 g/mol. The summed E-state index contributed by atoms with van der Waals surface area (Å²) in [5, 5.41) is 4.88. The van der Waals surface area contributed by atoms with E-state index in [1.54, 1.807) is 0 Å². The number of rotatable bonds is 10. The first-order valence-electron chi connectivity index (χ1n) is 28.7. The monoisotopic (exact) mass is 1070 g/mol. The highest BCUT2D eigenvalue weighted by Gasteiger charge is 2.18. The third-order valence-corrected chi connectivity index (χ3v) is 16.8. The largest absolute Gasteiger partial charge is 0.309 e. The fourth-order valence-corrected chi connectivity index (χ4v) is 12.5. The van der Waals surface area contributed by atoms with Crippen molar-refractivity contribution in [2.45, 2.75) is 0 Å². The van der Waals surface area contributed by atoms with Crippen LogP contribution >= 0.6 is 0 Å². The summed E-state index contributed by atoms with van der Waals surface area (Å²) in [6.45, 7) is 0. The fourth-order valence-electron chi connectivity index (χ4n) is 12.5. The Morgan fingerprint density at radius 3 is 0.786 bits per heavy atom. The first kappa shape index (κ1) is 48.7. The van der Waals surface area contributed by atoms with Crippen molar-refractivity contribution >= 4 is 54.6 Å². The Morgan fingerprint density at radius 1 is 0.179 bits per heavy atom. The molecule has 0 bridgehead atoms. The van der Waals surface area contributed by atoms with Crippen molar-refractivity contribution in [3.05, 3.63) is 315 Å². The fraction of sp³-hybridized carbons (Fsp3) is 0. The molecule has 3 aromatic heterocycles. The predicted molar refractivity (Wildman–Crippen MR) is 352 cm³/mol. The molecule has 3 heterocycles. The summed E-state index contributed by atoms with van der Waals surface area (Å²) in [5.74, 6) is 0. The van der Waals surface area contributed by atoms with E-state index in [-0.39, 0.29) is 0 Å². The highest BCUT2D eigenvalue weighted by Crippen LogP contribution is 2.40. The van der Waals surface area contributed by atoms with Gasteiger partial charge in [0.05, 0.1) is 44.5 Å². The van der Waals surface area contributed by atoms with Crippen LogP contribution in [0.5, 0.6) is 0 Å². The smallest absolute Gasteiger partial charge is 0.0973 e. The topological polar surface area (TPSA) is 35.6 Å². The molecule has 84 heavy (non-hydrogen) atoms. The second-order valence-corrected chi connectivity index (χ2v) is 21.7. The number of para-hydroxylation sites is 4. The van der Waals surface area contributed by atoms with Gasteiger partial charge in [-0.25, -0.2) is 9.97 Å². The maximum atomic E-state index is 5.31. The summed E-state index contributed by atoms with van der Waals surface area (Å²) in [7, 11) is 0. The number of aromatic nitrogens is 4. The SMILES string of the molecule is c1ccc(-c2ccc(-c3ccc(-n4c5ccccc5c5cc(-c6ccc(-c7nc8ccccc8nc7-c7ccc(-c8ccc9c(c8)c8ccccc8n9-c8ccc(-c9ccc(-c%10ccccc%10)cc9)cc8)cc7)cc6)ccc54)cc3)cc2)cc1. The number of benzene rings is 13. The minimum absolute atomic E-state index is 0.852. The minimum atomic E-state index is 0.852. The van der Waals surface area contributed by atoms with Crippen molar-refractivity contribution in [2.24, 2.45) is 0 Å². The molecule has 392 valence electrons. The van der Waals surface area contributed by atoms with Crippen molar-refractivity contribution in [3.63, 3.8) is 0 Å². The molecule has 0 amide bonds. The van der Waals surface area contributed by atoms with Gasteiger partial charge in [-0.2, -0.15) is 0 Å². The lowest BCUT2D eigenvalue weighted by molar-refractivity contribution is 1.18. The summed E-state index contributed by atoms with van der Waals surface area (Å²) in [6, 6.07) is 114. The van der Waals surface area contributed by atoms with Crippen LogP contribution in [0.4, 0.5) is 0 Å². The molecule has 0 aliphatic heterocycles. The average molecular weight is 1070 g/mol. The van der Waals surface area contributed by atoms with E-state index in [1.807, 2.05) is 24.3 Å². The molecule has 4 nitrogen and oxygen atoms in total. The van der Waals surface area contributed by atoms with Gasteiger partial charge in [-0.05, 0) is 140 Å². The summed E-state index contributed by atoms with van der Waals surface area (Å²) in [6.07, 6.45) is 0. The third-order valence-electron chi connectivity index (χ3n) is 16.8. The van der Waals surface area contributed by atoms with Crippen molar-refractivity contribution < 1.29 is 0 Å². The van der Waals surface area contributed by atoms with Crippen molar-refractivity contribution in [1.82, 2.24) is 19.1 Å². The van der Waals surface area contributed by atoms with E-state index in [4.69, 9.17) is 9.97 Å². The molecule has 0 unspecified atom stereocenters. The maximum Gasteiger partial charge on any atom is 0.0973 e. The first-order chi connectivity index (χ1) is 41.6. The third kappa shape index (κ3) is 8.64. The lowest BCUT2D eigenvalue weighted by Gasteiger charge is -2.13. The van der Waals surface area contributed by atoms with Crippen molar-refractivity contribution in [1.29, 1.82) is 0 Å². The standard InChI is InChI=1S/C80H52N4/c1-3-13-53(14-4-1)55-23-27-57(28-24-55)59-39-45-67(46-40-59)83-75-21-11-7-17-69(75)71-51-65(43-49-77(71)83)61-31-35-63(36-32-61)79-80(82-74-20-10-9-19-73(74)81-79)64-37-33-62(34-38-64)66-44-50-78-72(52-66)70-18-8-12-22-76(70)84(78)68-47-41-60(42-48-68)58-29-25-56(26-30-58)54-15-5-2-6-16-54/h1-52H. The Kier molecular flexibility index (Phi) is 11.8. The molecule has 4 heteroatoms. The molecular formula is C80H52N4. The Morgan fingerprint density at radius 2 is 0.429 bits per heavy atom. The molecule has 13 aromatic carbocycles. The van der Waals surface area contributed by atoms with Gasteiger partial charge in [0.15, 0.2) is 0 Å². The van der Waals surface area contributed by atoms with Crippen LogP contribution in [0.15, 0.2) is 315 Å². The molecule has 0 atom stereocenters. The van der Waals surface area contributed by atoms with E-state index in [9.17, 15) is 0 Å². The van der Waals surface area contributed by atoms with Crippen LogP contribution in [0.1, 0.15) is 0 Å². The van der Waals surface area contributed by atoms with Gasteiger partial charge in [0.1, 0.15) is 0 Å². The zero-order valence-corrected chi connectivity index (χ0v) is 45.8. The van der Waals surface area contributed by atoms with Crippen LogP contribution in [0.25, 0.3) is 155 Å². The van der Waals surface area contributed by atoms with Gasteiger partial charge in [-0.3, -0.25) is 0 Å². The predicted octanol–water partition coefficient (Wildman–Crippen LogP) is 21.2. The number of hydrogen-bond donors (Lipinski definition) is 0. The van der Waals surface area contributed by atoms with Gasteiger partial charge in [-0.15, -0.1) is 0 Å². The van der Waals surface area contributed by atoms with Crippen molar-refractivity contribution in [3.8, 4) is 101 Å². The zero-order chi connectivity index (χ0) is 55.5. The Labute approximate surface area is 487 Å². The highest BCUT2D eigenvalue weighted by molar-refractivity contribution is 6.12. The minimum Gasteiger partial charge on any atom is -0.309 e. The summed E-state index contributed by atoms with van der Waals surface area (Å²) >= 11 is 0. The van der Waals surface area contributed by atoms with E-state index in [0.717, 1.165) is 67.2 Å². The van der Waals surface area contributed by atoms with Gasteiger partial charge in [-0.1, -0.05) is 243 Å². The number of hydrogen-bond acceptors (Lipinski definition) is 2. The van der Waals surface area contributed by atoms with Gasteiger partial charge >= 0.3 is 0 Å². The molecule has 0 N–H and O–H groups in total. The Hall–Kier alpha value is -11.2. The van der Waals surface area contributed by atoms with Gasteiger partial charge < -0.3 is 9.13 Å².